The molecule has 0 fully saturated rings. The van der Waals surface area contributed by atoms with Gasteiger partial charge in [0.1, 0.15) is 5.52 Å². The van der Waals surface area contributed by atoms with Crippen molar-refractivity contribution in [3.05, 3.63) is 131 Å². The number of rotatable bonds is 7. The van der Waals surface area contributed by atoms with E-state index in [1.165, 1.54) is 11.3 Å². The van der Waals surface area contributed by atoms with E-state index in [2.05, 4.69) is 24.3 Å². The van der Waals surface area contributed by atoms with Crippen molar-refractivity contribution in [2.45, 2.75) is 18.9 Å². The second-order valence-corrected chi connectivity index (χ2v) is 9.54. The van der Waals surface area contributed by atoms with Gasteiger partial charge in [-0.05, 0) is 28.8 Å². The van der Waals surface area contributed by atoms with Crippen molar-refractivity contribution < 1.29 is 4.79 Å². The molecule has 0 N–H and O–H groups in total. The van der Waals surface area contributed by atoms with E-state index >= 15 is 0 Å². The number of anilines is 1. The maximum absolute atomic E-state index is 13.9. The number of carbonyl (C=O) groups excluding carboxylic acids is 1. The van der Waals surface area contributed by atoms with Crippen LogP contribution in [0, 0.1) is 0 Å². The van der Waals surface area contributed by atoms with E-state index in [9.17, 15) is 4.79 Å². The van der Waals surface area contributed by atoms with Gasteiger partial charge in [-0.15, -0.1) is 0 Å². The Kier molecular flexibility index (Phi) is 6.70. The number of hydrogen-bond acceptors (Lipinski definition) is 3. The molecule has 0 saturated heterocycles. The molecular formula is C29H23ClN2OS. The predicted molar refractivity (Wildman–Crippen MR) is 142 cm³/mol. The van der Waals surface area contributed by atoms with Crippen molar-refractivity contribution in [1.82, 2.24) is 4.98 Å². The lowest BCUT2D eigenvalue weighted by Gasteiger charge is -2.24. The topological polar surface area (TPSA) is 33.2 Å². The zero-order valence-corrected chi connectivity index (χ0v) is 20.0. The number of benzene rings is 4. The van der Waals surface area contributed by atoms with Gasteiger partial charge in [-0.25, -0.2) is 4.98 Å². The summed E-state index contributed by atoms with van der Waals surface area (Å²) in [6.45, 7) is 0.452. The quantitative estimate of drug-likeness (QED) is 0.238. The summed E-state index contributed by atoms with van der Waals surface area (Å²) in [7, 11) is 0. The van der Waals surface area contributed by atoms with Gasteiger partial charge in [0.2, 0.25) is 5.91 Å². The smallest absolute Gasteiger partial charge is 0.230 e. The standard InChI is InChI=1S/C29H23ClN2OS/c30-25-17-10-18-26-28(25)31-29(34-26)32(20-21-11-4-1-5-12-21)27(33)19-24(22-13-6-2-7-14-22)23-15-8-3-9-16-23/h1-18,24H,19-20H2. The van der Waals surface area contributed by atoms with Crippen LogP contribution in [0.4, 0.5) is 5.13 Å². The molecule has 0 aliphatic rings. The first-order chi connectivity index (χ1) is 16.7. The highest BCUT2D eigenvalue weighted by Gasteiger charge is 2.25. The lowest BCUT2D eigenvalue weighted by molar-refractivity contribution is -0.119. The van der Waals surface area contributed by atoms with Crippen LogP contribution in [0.15, 0.2) is 109 Å². The number of hydrogen-bond donors (Lipinski definition) is 0. The summed E-state index contributed by atoms with van der Waals surface area (Å²) in [5.74, 6) is -0.0251. The first-order valence-corrected chi connectivity index (χ1v) is 12.4. The number of thiazole rings is 1. The minimum atomic E-state index is -0.0499. The van der Waals surface area contributed by atoms with Crippen LogP contribution in [0.2, 0.25) is 5.02 Å². The fraction of sp³-hybridized carbons (Fsp3) is 0.103. The van der Waals surface area contributed by atoms with Gasteiger partial charge < -0.3 is 0 Å². The molecule has 1 heterocycles. The summed E-state index contributed by atoms with van der Waals surface area (Å²) in [5.41, 5.74) is 4.03. The minimum absolute atomic E-state index is 0.0248. The van der Waals surface area contributed by atoms with Gasteiger partial charge in [-0.1, -0.05) is 120 Å². The molecule has 0 aliphatic carbocycles. The predicted octanol–water partition coefficient (Wildman–Crippen LogP) is 7.71. The van der Waals surface area contributed by atoms with Crippen molar-refractivity contribution >= 4 is 44.2 Å². The number of amides is 1. The van der Waals surface area contributed by atoms with E-state index < -0.39 is 0 Å². The third-order valence-electron chi connectivity index (χ3n) is 5.86. The Morgan fingerprint density at radius 3 is 1.97 bits per heavy atom. The fourth-order valence-electron chi connectivity index (χ4n) is 4.13. The first kappa shape index (κ1) is 22.3. The molecule has 34 heavy (non-hydrogen) atoms. The number of halogens is 1. The summed E-state index contributed by atoms with van der Waals surface area (Å²) < 4.78 is 0.969. The van der Waals surface area contributed by atoms with Crippen LogP contribution in [0.5, 0.6) is 0 Å². The average molecular weight is 483 g/mol. The third-order valence-corrected chi connectivity index (χ3v) is 7.21. The Morgan fingerprint density at radius 1 is 0.794 bits per heavy atom. The lowest BCUT2D eigenvalue weighted by Crippen LogP contribution is -2.31. The number of carbonyl (C=O) groups is 1. The highest BCUT2D eigenvalue weighted by molar-refractivity contribution is 7.22. The molecule has 5 aromatic rings. The van der Waals surface area contributed by atoms with E-state index in [1.54, 1.807) is 4.90 Å². The summed E-state index contributed by atoms with van der Waals surface area (Å²) in [6.07, 6.45) is 0.338. The van der Waals surface area contributed by atoms with E-state index in [0.717, 1.165) is 26.9 Å². The van der Waals surface area contributed by atoms with Gasteiger partial charge in [0, 0.05) is 12.3 Å². The normalized spacial score (nSPS) is 11.1. The minimum Gasteiger partial charge on any atom is -0.284 e. The van der Waals surface area contributed by atoms with Gasteiger partial charge in [0.05, 0.1) is 16.3 Å². The molecule has 0 atom stereocenters. The number of nitrogens with zero attached hydrogens (tertiary/aromatic N) is 2. The van der Waals surface area contributed by atoms with Crippen molar-refractivity contribution in [2.75, 3.05) is 4.90 Å². The molecule has 1 amide bonds. The van der Waals surface area contributed by atoms with E-state index in [-0.39, 0.29) is 11.8 Å². The van der Waals surface area contributed by atoms with Gasteiger partial charge >= 0.3 is 0 Å². The zero-order valence-electron chi connectivity index (χ0n) is 18.5. The molecule has 3 nitrogen and oxygen atoms in total. The van der Waals surface area contributed by atoms with Crippen LogP contribution in [-0.4, -0.2) is 10.9 Å². The second-order valence-electron chi connectivity index (χ2n) is 8.13. The number of fused-ring (bicyclic) bond motifs is 1. The lowest BCUT2D eigenvalue weighted by atomic mass is 9.88. The van der Waals surface area contributed by atoms with Gasteiger partial charge in [0.15, 0.2) is 5.13 Å². The maximum atomic E-state index is 13.9. The second kappa shape index (κ2) is 10.2. The van der Waals surface area contributed by atoms with Crippen molar-refractivity contribution in [1.29, 1.82) is 0 Å². The molecule has 0 bridgehead atoms. The van der Waals surface area contributed by atoms with Gasteiger partial charge in [0.25, 0.3) is 0 Å². The van der Waals surface area contributed by atoms with Crippen molar-refractivity contribution in [2.24, 2.45) is 0 Å². The van der Waals surface area contributed by atoms with Crippen molar-refractivity contribution in [3.8, 4) is 0 Å². The van der Waals surface area contributed by atoms with Gasteiger partial charge in [-0.2, -0.15) is 0 Å². The van der Waals surface area contributed by atoms with E-state index in [0.29, 0.717) is 23.1 Å². The highest BCUT2D eigenvalue weighted by atomic mass is 35.5. The third kappa shape index (κ3) is 4.89. The molecule has 168 valence electrons. The largest absolute Gasteiger partial charge is 0.284 e. The summed E-state index contributed by atoms with van der Waals surface area (Å²) in [4.78, 5) is 20.5. The van der Waals surface area contributed by atoms with Crippen LogP contribution in [0.3, 0.4) is 0 Å². The monoisotopic (exact) mass is 482 g/mol. The maximum Gasteiger partial charge on any atom is 0.230 e. The van der Waals surface area contributed by atoms with Crippen LogP contribution in [-0.2, 0) is 11.3 Å². The molecule has 5 heteroatoms. The molecule has 5 rings (SSSR count). The van der Waals surface area contributed by atoms with Crippen LogP contribution in [0.1, 0.15) is 29.0 Å². The van der Waals surface area contributed by atoms with Crippen LogP contribution >= 0.6 is 22.9 Å². The zero-order chi connectivity index (χ0) is 23.3. The highest BCUT2D eigenvalue weighted by Crippen LogP contribution is 2.35. The van der Waals surface area contributed by atoms with Gasteiger partial charge in [-0.3, -0.25) is 9.69 Å². The Hall–Kier alpha value is -3.47. The fourth-order valence-corrected chi connectivity index (χ4v) is 5.41. The average Bonchev–Trinajstić information content (AvgIpc) is 3.33. The molecule has 1 aromatic heterocycles. The molecule has 0 aliphatic heterocycles. The summed E-state index contributed by atoms with van der Waals surface area (Å²) in [6, 6.07) is 36.2. The Labute approximate surface area is 208 Å². The molecule has 0 saturated carbocycles. The summed E-state index contributed by atoms with van der Waals surface area (Å²) in [5, 5.41) is 1.26. The van der Waals surface area contributed by atoms with E-state index in [1.807, 2.05) is 84.9 Å². The SMILES string of the molecule is O=C(CC(c1ccccc1)c1ccccc1)N(Cc1ccccc1)c1nc2c(Cl)cccc2s1. The molecule has 0 unspecified atom stereocenters. The van der Waals surface area contributed by atoms with E-state index in [4.69, 9.17) is 16.6 Å². The Bertz CT molecular complexity index is 1350. The number of para-hydroxylation sites is 1. The Balaban J connectivity index is 1.53. The molecule has 0 spiro atoms. The molecule has 4 aromatic carbocycles. The molecule has 0 radical (unpaired) electrons. The van der Waals surface area contributed by atoms with Crippen LogP contribution < -0.4 is 4.90 Å². The number of aromatic nitrogens is 1. The van der Waals surface area contributed by atoms with Crippen molar-refractivity contribution in [3.63, 3.8) is 0 Å². The summed E-state index contributed by atoms with van der Waals surface area (Å²) >= 11 is 7.90. The van der Waals surface area contributed by atoms with Crippen LogP contribution in [0.25, 0.3) is 10.2 Å². The Morgan fingerprint density at radius 2 is 1.38 bits per heavy atom. The molecular weight excluding hydrogens is 460 g/mol. The first-order valence-electron chi connectivity index (χ1n) is 11.2.